The Labute approximate surface area is 131 Å². The Morgan fingerprint density at radius 1 is 1.14 bits per heavy atom. The van der Waals surface area contributed by atoms with E-state index in [0.717, 1.165) is 25.8 Å². The molecule has 2 atom stereocenters. The summed E-state index contributed by atoms with van der Waals surface area (Å²) >= 11 is 0. The average Bonchev–Trinajstić information content (AvgIpc) is 2.51. The second kappa shape index (κ2) is 8.55. The number of ether oxygens (including phenoxy) is 1. The molecule has 0 saturated carbocycles. The highest BCUT2D eigenvalue weighted by Crippen LogP contribution is 2.23. The molecule has 0 spiro atoms. The molecule has 0 fully saturated rings. The van der Waals surface area contributed by atoms with E-state index in [9.17, 15) is 0 Å². The van der Waals surface area contributed by atoms with Crippen LogP contribution < -0.4 is 5.32 Å². The Morgan fingerprint density at radius 2 is 1.76 bits per heavy atom. The summed E-state index contributed by atoms with van der Waals surface area (Å²) < 4.78 is 5.82. The lowest BCUT2D eigenvalue weighted by atomic mass is 9.87. The quantitative estimate of drug-likeness (QED) is 0.721. The van der Waals surface area contributed by atoms with Crippen LogP contribution in [0.3, 0.4) is 0 Å². The van der Waals surface area contributed by atoms with Gasteiger partial charge in [0.25, 0.3) is 0 Å². The van der Waals surface area contributed by atoms with E-state index in [-0.39, 0.29) is 5.60 Å². The fourth-order valence-electron chi connectivity index (χ4n) is 2.63. The van der Waals surface area contributed by atoms with Gasteiger partial charge >= 0.3 is 0 Å². The first-order chi connectivity index (χ1) is 9.96. The molecular weight excluding hydrogens is 258 g/mol. The van der Waals surface area contributed by atoms with Gasteiger partial charge in [-0.1, -0.05) is 52.0 Å². The molecule has 2 unspecified atom stereocenters. The molecule has 1 rings (SSSR count). The van der Waals surface area contributed by atoms with Crippen LogP contribution in [0.1, 0.15) is 64.5 Å². The van der Waals surface area contributed by atoms with Gasteiger partial charge in [0.05, 0.1) is 5.60 Å². The smallest absolute Gasteiger partial charge is 0.0803 e. The lowest BCUT2D eigenvalue weighted by Gasteiger charge is -2.36. The van der Waals surface area contributed by atoms with Gasteiger partial charge in [-0.3, -0.25) is 0 Å². The fraction of sp³-hybridized carbons (Fsp3) is 0.684. The summed E-state index contributed by atoms with van der Waals surface area (Å²) in [5, 5.41) is 3.67. The second-order valence-corrected chi connectivity index (χ2v) is 6.48. The second-order valence-electron chi connectivity index (χ2n) is 6.48. The van der Waals surface area contributed by atoms with Crippen molar-refractivity contribution in [2.75, 3.05) is 13.7 Å². The molecule has 0 aliphatic rings. The van der Waals surface area contributed by atoms with E-state index in [1.165, 1.54) is 11.1 Å². The van der Waals surface area contributed by atoms with Crippen molar-refractivity contribution in [1.29, 1.82) is 0 Å². The third kappa shape index (κ3) is 5.12. The number of hydrogen-bond donors (Lipinski definition) is 1. The van der Waals surface area contributed by atoms with Crippen LogP contribution in [0.25, 0.3) is 0 Å². The topological polar surface area (TPSA) is 21.3 Å². The van der Waals surface area contributed by atoms with E-state index in [0.29, 0.717) is 12.0 Å². The highest BCUT2D eigenvalue weighted by molar-refractivity contribution is 5.25. The van der Waals surface area contributed by atoms with Gasteiger partial charge in [-0.25, -0.2) is 0 Å². The molecule has 0 aliphatic carbocycles. The zero-order valence-electron chi connectivity index (χ0n) is 14.7. The minimum Gasteiger partial charge on any atom is -0.377 e. The van der Waals surface area contributed by atoms with Crippen LogP contribution in [0.4, 0.5) is 0 Å². The highest BCUT2D eigenvalue weighted by atomic mass is 16.5. The molecule has 1 N–H and O–H groups in total. The fourth-order valence-corrected chi connectivity index (χ4v) is 2.63. The van der Waals surface area contributed by atoms with Gasteiger partial charge in [0.1, 0.15) is 0 Å². The van der Waals surface area contributed by atoms with E-state index in [1.807, 2.05) is 7.11 Å². The number of hydrogen-bond acceptors (Lipinski definition) is 2. The minimum atomic E-state index is -0.119. The summed E-state index contributed by atoms with van der Waals surface area (Å²) in [5.41, 5.74) is 2.66. The molecule has 1 aromatic carbocycles. The average molecular weight is 291 g/mol. The number of rotatable bonds is 9. The summed E-state index contributed by atoms with van der Waals surface area (Å²) in [6, 6.07) is 9.39. The standard InChI is InChI=1S/C19H33NO/c1-7-13-20-18(19(5,8-2)21-6)14-16-9-11-17(12-10-16)15(3)4/h9-12,15,18,20H,7-8,13-14H2,1-6H3. The summed E-state index contributed by atoms with van der Waals surface area (Å²) in [5.74, 6) is 0.591. The van der Waals surface area contributed by atoms with Crippen molar-refractivity contribution < 1.29 is 4.74 Å². The third-order valence-corrected chi connectivity index (χ3v) is 4.63. The molecular formula is C19H33NO. The first kappa shape index (κ1) is 18.2. The van der Waals surface area contributed by atoms with Crippen LogP contribution in [0.15, 0.2) is 24.3 Å². The van der Waals surface area contributed by atoms with Crippen LogP contribution in [0, 0.1) is 0 Å². The summed E-state index contributed by atoms with van der Waals surface area (Å²) in [4.78, 5) is 0. The molecule has 0 aliphatic heterocycles. The predicted molar refractivity (Wildman–Crippen MR) is 92.0 cm³/mol. The van der Waals surface area contributed by atoms with Crippen LogP contribution >= 0.6 is 0 Å². The van der Waals surface area contributed by atoms with Gasteiger partial charge in [0.15, 0.2) is 0 Å². The zero-order chi connectivity index (χ0) is 15.9. The Morgan fingerprint density at radius 3 is 2.19 bits per heavy atom. The Kier molecular flexibility index (Phi) is 7.41. The van der Waals surface area contributed by atoms with Crippen molar-refractivity contribution >= 4 is 0 Å². The van der Waals surface area contributed by atoms with Gasteiger partial charge in [-0.2, -0.15) is 0 Å². The van der Waals surface area contributed by atoms with Gasteiger partial charge < -0.3 is 10.1 Å². The monoisotopic (exact) mass is 291 g/mol. The number of methoxy groups -OCH3 is 1. The summed E-state index contributed by atoms with van der Waals surface area (Å²) in [7, 11) is 1.83. The molecule has 120 valence electrons. The number of nitrogens with one attached hydrogen (secondary N) is 1. The molecule has 1 aromatic rings. The summed E-state index contributed by atoms with van der Waals surface area (Å²) in [6.45, 7) is 12.1. The maximum atomic E-state index is 5.82. The molecule has 0 saturated heterocycles. The summed E-state index contributed by atoms with van der Waals surface area (Å²) in [6.07, 6.45) is 3.16. The first-order valence-electron chi connectivity index (χ1n) is 8.34. The van der Waals surface area contributed by atoms with Gasteiger partial charge in [0, 0.05) is 13.2 Å². The van der Waals surface area contributed by atoms with Crippen molar-refractivity contribution in [3.63, 3.8) is 0 Å². The van der Waals surface area contributed by atoms with Crippen molar-refractivity contribution in [3.8, 4) is 0 Å². The predicted octanol–water partition coefficient (Wildman–Crippen LogP) is 4.54. The maximum Gasteiger partial charge on any atom is 0.0803 e. The SMILES string of the molecule is CCCNC(Cc1ccc(C(C)C)cc1)C(C)(CC)OC. The van der Waals surface area contributed by atoms with Crippen LogP contribution in [-0.2, 0) is 11.2 Å². The molecule has 2 heteroatoms. The van der Waals surface area contributed by atoms with E-state index < -0.39 is 0 Å². The molecule has 0 bridgehead atoms. The molecule has 0 aromatic heterocycles. The minimum absolute atomic E-state index is 0.119. The van der Waals surface area contributed by atoms with E-state index in [2.05, 4.69) is 64.2 Å². The molecule has 0 radical (unpaired) electrons. The molecule has 2 nitrogen and oxygen atoms in total. The van der Waals surface area contributed by atoms with Crippen LogP contribution in [-0.4, -0.2) is 25.3 Å². The Bertz CT molecular complexity index is 393. The van der Waals surface area contributed by atoms with Crippen molar-refractivity contribution in [2.45, 2.75) is 71.4 Å². The van der Waals surface area contributed by atoms with Crippen molar-refractivity contribution in [3.05, 3.63) is 35.4 Å². The van der Waals surface area contributed by atoms with Gasteiger partial charge in [-0.05, 0) is 49.8 Å². The van der Waals surface area contributed by atoms with E-state index >= 15 is 0 Å². The maximum absolute atomic E-state index is 5.82. The molecule has 0 amide bonds. The van der Waals surface area contributed by atoms with Crippen LogP contribution in [0.5, 0.6) is 0 Å². The van der Waals surface area contributed by atoms with Crippen molar-refractivity contribution in [2.24, 2.45) is 0 Å². The number of benzene rings is 1. The van der Waals surface area contributed by atoms with E-state index in [4.69, 9.17) is 4.74 Å². The molecule has 21 heavy (non-hydrogen) atoms. The van der Waals surface area contributed by atoms with Gasteiger partial charge in [-0.15, -0.1) is 0 Å². The zero-order valence-corrected chi connectivity index (χ0v) is 14.7. The molecule has 0 heterocycles. The van der Waals surface area contributed by atoms with Crippen molar-refractivity contribution in [1.82, 2.24) is 5.32 Å². The van der Waals surface area contributed by atoms with Gasteiger partial charge in [0.2, 0.25) is 0 Å². The largest absolute Gasteiger partial charge is 0.377 e. The van der Waals surface area contributed by atoms with Crippen LogP contribution in [0.2, 0.25) is 0 Å². The Balaban J connectivity index is 2.84. The lowest BCUT2D eigenvalue weighted by Crippen LogP contribution is -2.51. The van der Waals surface area contributed by atoms with E-state index in [1.54, 1.807) is 0 Å². The Hall–Kier alpha value is -0.860. The lowest BCUT2D eigenvalue weighted by molar-refractivity contribution is -0.0287. The third-order valence-electron chi connectivity index (χ3n) is 4.63. The first-order valence-corrected chi connectivity index (χ1v) is 8.34. The normalized spacial score (nSPS) is 16.0. The highest BCUT2D eigenvalue weighted by Gasteiger charge is 2.32.